The van der Waals surface area contributed by atoms with E-state index in [-0.39, 0.29) is 17.8 Å². The lowest BCUT2D eigenvalue weighted by Crippen LogP contribution is -2.58. The number of hydrogen-bond acceptors (Lipinski definition) is 7. The minimum Gasteiger partial charge on any atom is -0.297 e. The number of piperazine rings is 1. The van der Waals surface area contributed by atoms with Gasteiger partial charge in [0.1, 0.15) is 0 Å². The van der Waals surface area contributed by atoms with Crippen LogP contribution < -0.4 is 0 Å². The Balaban J connectivity index is 1.81. The van der Waals surface area contributed by atoms with Crippen LogP contribution in [-0.2, 0) is 16.4 Å². The summed E-state index contributed by atoms with van der Waals surface area (Å²) in [5, 5.41) is 4.24. The average molecular weight is 345 g/mol. The summed E-state index contributed by atoms with van der Waals surface area (Å²) in [7, 11) is -2.92. The predicted molar refractivity (Wildman–Crippen MR) is 87.9 cm³/mol. The van der Waals surface area contributed by atoms with Crippen LogP contribution in [0.15, 0.2) is 0 Å². The Morgan fingerprint density at radius 2 is 1.86 bits per heavy atom. The number of rotatable bonds is 4. The Hall–Kier alpha value is -0.570. The third-order valence-corrected chi connectivity index (χ3v) is 7.21. The third-order valence-electron chi connectivity index (χ3n) is 4.79. The lowest BCUT2D eigenvalue weighted by Gasteiger charge is -2.43. The number of nitrogens with zero attached hydrogens (tertiary/aromatic N) is 4. The number of hydrogen-bond donors (Lipinski definition) is 0. The molecule has 0 N–H and O–H groups in total. The molecule has 0 spiro atoms. The summed E-state index contributed by atoms with van der Waals surface area (Å²) in [6.07, 6.45) is 0. The summed E-state index contributed by atoms with van der Waals surface area (Å²) in [6.45, 7) is 9.91. The molecule has 3 rings (SSSR count). The van der Waals surface area contributed by atoms with Crippen LogP contribution in [0.3, 0.4) is 0 Å². The van der Waals surface area contributed by atoms with E-state index in [2.05, 4.69) is 40.2 Å². The molecule has 2 saturated heterocycles. The minimum absolute atomic E-state index is 0.112. The second-order valence-corrected chi connectivity index (χ2v) is 9.54. The molecular formula is C14H24N4O2S2. The SMILES string of the molecule is CCN1CCN(Cc2snnc2C(C)C)[C@H]2CS(=O)(=O)C[C@H]21. The van der Waals surface area contributed by atoms with E-state index < -0.39 is 9.84 Å². The summed E-state index contributed by atoms with van der Waals surface area (Å²) < 4.78 is 28.3. The maximum atomic E-state index is 12.1. The van der Waals surface area contributed by atoms with Crippen LogP contribution in [0.1, 0.15) is 37.3 Å². The van der Waals surface area contributed by atoms with Crippen molar-refractivity contribution < 1.29 is 8.42 Å². The van der Waals surface area contributed by atoms with Crippen LogP contribution in [-0.4, -0.2) is 71.0 Å². The normalized spacial score (nSPS) is 29.1. The van der Waals surface area contributed by atoms with Gasteiger partial charge in [0.15, 0.2) is 9.84 Å². The van der Waals surface area contributed by atoms with E-state index in [0.717, 1.165) is 31.9 Å². The van der Waals surface area contributed by atoms with E-state index in [1.165, 1.54) is 16.4 Å². The smallest absolute Gasteiger partial charge is 0.153 e. The van der Waals surface area contributed by atoms with E-state index in [1.54, 1.807) is 0 Å². The first-order valence-corrected chi connectivity index (χ1v) is 10.5. The summed E-state index contributed by atoms with van der Waals surface area (Å²) >= 11 is 1.45. The summed E-state index contributed by atoms with van der Waals surface area (Å²) in [6, 6.07) is 0.257. The molecule has 0 aromatic carbocycles. The van der Waals surface area contributed by atoms with Gasteiger partial charge in [-0.15, -0.1) is 5.10 Å². The van der Waals surface area contributed by atoms with Gasteiger partial charge in [-0.3, -0.25) is 9.80 Å². The molecule has 2 fully saturated rings. The van der Waals surface area contributed by atoms with Crippen LogP contribution in [0.4, 0.5) is 0 Å². The van der Waals surface area contributed by atoms with E-state index in [9.17, 15) is 8.42 Å². The van der Waals surface area contributed by atoms with Gasteiger partial charge < -0.3 is 0 Å². The zero-order valence-electron chi connectivity index (χ0n) is 13.4. The Kier molecular flexibility index (Phi) is 4.55. The van der Waals surface area contributed by atoms with Gasteiger partial charge in [0, 0.05) is 31.7 Å². The average Bonchev–Trinajstić information content (AvgIpc) is 3.02. The maximum absolute atomic E-state index is 12.1. The number of aromatic nitrogens is 2. The standard InChI is InChI=1S/C14H24N4O2S2/c1-4-17-5-6-18(12-9-22(19,20)8-11(12)17)7-13-14(10(2)3)15-16-21-13/h10-12H,4-9H2,1-3H3/t11-,12+/m1/s1. The first-order valence-electron chi connectivity index (χ1n) is 7.91. The van der Waals surface area contributed by atoms with Crippen LogP contribution in [0.5, 0.6) is 0 Å². The van der Waals surface area contributed by atoms with Crippen LogP contribution in [0, 0.1) is 0 Å². The molecule has 1 aromatic heterocycles. The second-order valence-electron chi connectivity index (χ2n) is 6.55. The molecule has 2 atom stereocenters. The zero-order chi connectivity index (χ0) is 15.9. The number of sulfone groups is 1. The van der Waals surface area contributed by atoms with Gasteiger partial charge in [0.25, 0.3) is 0 Å². The van der Waals surface area contributed by atoms with Crippen LogP contribution >= 0.6 is 11.5 Å². The van der Waals surface area contributed by atoms with Crippen molar-refractivity contribution in [3.05, 3.63) is 10.6 Å². The molecule has 0 amide bonds. The van der Waals surface area contributed by atoms with Gasteiger partial charge in [0.2, 0.25) is 0 Å². The van der Waals surface area contributed by atoms with Gasteiger partial charge in [-0.1, -0.05) is 25.3 Å². The Morgan fingerprint density at radius 1 is 1.23 bits per heavy atom. The molecule has 0 radical (unpaired) electrons. The third kappa shape index (κ3) is 3.06. The van der Waals surface area contributed by atoms with E-state index >= 15 is 0 Å². The van der Waals surface area contributed by atoms with Gasteiger partial charge in [-0.05, 0) is 24.0 Å². The largest absolute Gasteiger partial charge is 0.297 e. The van der Waals surface area contributed by atoms with Crippen LogP contribution in [0.25, 0.3) is 0 Å². The highest BCUT2D eigenvalue weighted by molar-refractivity contribution is 7.91. The fourth-order valence-electron chi connectivity index (χ4n) is 3.63. The van der Waals surface area contributed by atoms with E-state index in [0.29, 0.717) is 11.7 Å². The number of likely N-dealkylation sites (N-methyl/N-ethyl adjacent to an activating group) is 1. The highest BCUT2D eigenvalue weighted by Gasteiger charge is 2.46. The highest BCUT2D eigenvalue weighted by Crippen LogP contribution is 2.30. The van der Waals surface area contributed by atoms with Gasteiger partial charge in [0.05, 0.1) is 22.1 Å². The fraction of sp³-hybridized carbons (Fsp3) is 0.857. The molecule has 6 nitrogen and oxygen atoms in total. The first-order chi connectivity index (χ1) is 10.4. The van der Waals surface area contributed by atoms with Gasteiger partial charge in [-0.2, -0.15) is 0 Å². The van der Waals surface area contributed by atoms with Crippen molar-refractivity contribution >= 4 is 21.4 Å². The minimum atomic E-state index is -2.92. The summed E-state index contributed by atoms with van der Waals surface area (Å²) in [5.74, 6) is 0.950. The number of fused-ring (bicyclic) bond motifs is 1. The molecule has 0 saturated carbocycles. The molecule has 1 aromatic rings. The van der Waals surface area contributed by atoms with Crippen LogP contribution in [0.2, 0.25) is 0 Å². The highest BCUT2D eigenvalue weighted by atomic mass is 32.2. The predicted octanol–water partition coefficient (Wildman–Crippen LogP) is 0.965. The summed E-state index contributed by atoms with van der Waals surface area (Å²) in [5.41, 5.74) is 1.06. The van der Waals surface area contributed by atoms with Crippen molar-refractivity contribution in [3.63, 3.8) is 0 Å². The molecule has 0 bridgehead atoms. The first kappa shape index (κ1) is 16.3. The molecular weight excluding hydrogens is 320 g/mol. The topological polar surface area (TPSA) is 66.4 Å². The second kappa shape index (κ2) is 6.14. The Labute approximate surface area is 136 Å². The van der Waals surface area contributed by atoms with E-state index in [4.69, 9.17) is 0 Å². The van der Waals surface area contributed by atoms with E-state index in [1.807, 2.05) is 0 Å². The van der Waals surface area contributed by atoms with Crippen molar-refractivity contribution in [2.24, 2.45) is 0 Å². The lowest BCUT2D eigenvalue weighted by molar-refractivity contribution is 0.0443. The summed E-state index contributed by atoms with van der Waals surface area (Å²) in [4.78, 5) is 5.84. The lowest BCUT2D eigenvalue weighted by atomic mass is 10.0. The molecule has 2 aliphatic heterocycles. The molecule has 3 heterocycles. The van der Waals surface area contributed by atoms with Gasteiger partial charge >= 0.3 is 0 Å². The molecule has 22 heavy (non-hydrogen) atoms. The van der Waals surface area contributed by atoms with Crippen molar-refractivity contribution in [1.82, 2.24) is 19.4 Å². The molecule has 124 valence electrons. The molecule has 8 heteroatoms. The Morgan fingerprint density at radius 3 is 2.50 bits per heavy atom. The monoisotopic (exact) mass is 344 g/mol. The van der Waals surface area contributed by atoms with Crippen molar-refractivity contribution in [2.75, 3.05) is 31.1 Å². The quantitative estimate of drug-likeness (QED) is 0.811. The maximum Gasteiger partial charge on any atom is 0.153 e. The van der Waals surface area contributed by atoms with Crippen molar-refractivity contribution in [1.29, 1.82) is 0 Å². The van der Waals surface area contributed by atoms with Crippen molar-refractivity contribution in [2.45, 2.75) is 45.3 Å². The van der Waals surface area contributed by atoms with Gasteiger partial charge in [-0.25, -0.2) is 8.42 Å². The molecule has 0 aliphatic carbocycles. The molecule has 2 aliphatic rings. The zero-order valence-corrected chi connectivity index (χ0v) is 15.0. The Bertz CT molecular complexity index is 629. The fourth-order valence-corrected chi connectivity index (χ4v) is 6.50. The molecule has 0 unspecified atom stereocenters. The van der Waals surface area contributed by atoms with Crippen molar-refractivity contribution in [3.8, 4) is 0 Å².